The molecule has 33 heavy (non-hydrogen) atoms. The first-order valence-corrected chi connectivity index (χ1v) is 12.5. The minimum atomic E-state index is -0.363. The number of nitrogens with zero attached hydrogens (tertiary/aromatic N) is 2. The summed E-state index contributed by atoms with van der Waals surface area (Å²) in [5.74, 6) is 0.154. The van der Waals surface area contributed by atoms with Crippen molar-refractivity contribution in [3.63, 3.8) is 0 Å². The van der Waals surface area contributed by atoms with Gasteiger partial charge in [-0.2, -0.15) is 0 Å². The van der Waals surface area contributed by atoms with E-state index in [-0.39, 0.29) is 11.9 Å². The van der Waals surface area contributed by atoms with Crippen LogP contribution in [0, 0.1) is 20.8 Å². The molecule has 4 rings (SSSR count). The molecule has 1 amide bonds. The van der Waals surface area contributed by atoms with Crippen molar-refractivity contribution in [3.05, 3.63) is 58.7 Å². The van der Waals surface area contributed by atoms with Crippen LogP contribution >= 0.6 is 23.1 Å². The summed E-state index contributed by atoms with van der Waals surface area (Å²) in [5.41, 5.74) is 5.81. The molecule has 0 aliphatic carbocycles. The number of anilines is 1. The second-order valence-corrected chi connectivity index (χ2v) is 9.97. The highest BCUT2D eigenvalue weighted by Gasteiger charge is 2.13. The average molecular weight is 480 g/mol. The highest BCUT2D eigenvalue weighted by atomic mass is 32.2. The third kappa shape index (κ3) is 5.34. The molecular weight excluding hydrogens is 454 g/mol. The van der Waals surface area contributed by atoms with Crippen molar-refractivity contribution in [2.45, 2.75) is 39.1 Å². The van der Waals surface area contributed by atoms with Crippen molar-refractivity contribution >= 4 is 61.2 Å². The van der Waals surface area contributed by atoms with Crippen LogP contribution in [0.2, 0.25) is 0 Å². The van der Waals surface area contributed by atoms with E-state index in [2.05, 4.69) is 49.3 Å². The maximum absolute atomic E-state index is 12.5. The van der Waals surface area contributed by atoms with Gasteiger partial charge in [-0.3, -0.25) is 4.79 Å². The van der Waals surface area contributed by atoms with Crippen LogP contribution in [0.4, 0.5) is 5.13 Å². The van der Waals surface area contributed by atoms with Crippen molar-refractivity contribution in [1.29, 1.82) is 0 Å². The number of nitrogens with one attached hydrogen (secondary N) is 1. The number of carbonyl (C=O) groups is 2. The number of hydrogen-bond donors (Lipinski definition) is 1. The number of carbonyl (C=O) groups excluding carboxylic acids is 2. The third-order valence-corrected chi connectivity index (χ3v) is 7.00. The van der Waals surface area contributed by atoms with E-state index >= 15 is 0 Å². The Morgan fingerprint density at radius 2 is 1.88 bits per heavy atom. The van der Waals surface area contributed by atoms with Gasteiger partial charge in [-0.05, 0) is 69.2 Å². The molecule has 0 atom stereocenters. The van der Waals surface area contributed by atoms with Crippen LogP contribution in [-0.2, 0) is 9.53 Å². The number of aromatic nitrogens is 2. The minimum Gasteiger partial charge on any atom is -0.462 e. The Balaban J connectivity index is 1.38. The van der Waals surface area contributed by atoms with Crippen LogP contribution in [0.3, 0.4) is 0 Å². The Kier molecular flexibility index (Phi) is 6.95. The Labute approximate surface area is 200 Å². The number of benzene rings is 2. The monoisotopic (exact) mass is 479 g/mol. The summed E-state index contributed by atoms with van der Waals surface area (Å²) in [7, 11) is 0. The van der Waals surface area contributed by atoms with E-state index in [1.54, 1.807) is 36.9 Å². The predicted octanol–water partition coefficient (Wildman–Crippen LogP) is 6.07. The summed E-state index contributed by atoms with van der Waals surface area (Å²) < 4.78 is 5.87. The fraction of sp³-hybridized carbons (Fsp3) is 0.280. The van der Waals surface area contributed by atoms with Crippen LogP contribution in [0.1, 0.15) is 40.4 Å². The Hall–Kier alpha value is -2.97. The molecule has 0 radical (unpaired) electrons. The highest BCUT2D eigenvalue weighted by Crippen LogP contribution is 2.29. The van der Waals surface area contributed by atoms with Crippen LogP contribution in [-0.4, -0.2) is 34.2 Å². The van der Waals surface area contributed by atoms with E-state index in [1.807, 2.05) is 0 Å². The Morgan fingerprint density at radius 3 is 2.67 bits per heavy atom. The summed E-state index contributed by atoms with van der Waals surface area (Å²) in [4.78, 5) is 33.6. The molecule has 170 valence electrons. The molecule has 0 spiro atoms. The average Bonchev–Trinajstić information content (AvgIpc) is 3.16. The highest BCUT2D eigenvalue weighted by molar-refractivity contribution is 7.99. The van der Waals surface area contributed by atoms with E-state index in [9.17, 15) is 9.59 Å². The smallest absolute Gasteiger partial charge is 0.338 e. The summed E-state index contributed by atoms with van der Waals surface area (Å²) in [6.07, 6.45) is 0.348. The van der Waals surface area contributed by atoms with Gasteiger partial charge in [-0.25, -0.2) is 14.8 Å². The van der Waals surface area contributed by atoms with Gasteiger partial charge in [0.05, 0.1) is 32.9 Å². The van der Waals surface area contributed by atoms with Crippen molar-refractivity contribution in [3.8, 4) is 0 Å². The largest absolute Gasteiger partial charge is 0.462 e. The number of esters is 1. The number of ether oxygens (including phenoxy) is 1. The minimum absolute atomic E-state index is 0.100. The lowest BCUT2D eigenvalue weighted by Crippen LogP contribution is -2.11. The number of pyridine rings is 1. The van der Waals surface area contributed by atoms with Gasteiger partial charge in [0.15, 0.2) is 5.13 Å². The second-order valence-electron chi connectivity index (χ2n) is 7.82. The fourth-order valence-electron chi connectivity index (χ4n) is 3.64. The molecule has 2 aromatic carbocycles. The molecule has 2 heterocycles. The van der Waals surface area contributed by atoms with Crippen LogP contribution in [0.5, 0.6) is 0 Å². The van der Waals surface area contributed by atoms with Gasteiger partial charge >= 0.3 is 5.97 Å². The first-order chi connectivity index (χ1) is 15.8. The van der Waals surface area contributed by atoms with Gasteiger partial charge in [0.25, 0.3) is 0 Å². The number of thiazole rings is 1. The SMILES string of the molecule is CCOC(=O)c1ccc2nc(NC(=O)CCSc3cc(C)c4cc(C)cc(C)c4n3)sc2c1. The molecule has 0 aliphatic rings. The first-order valence-electron chi connectivity index (χ1n) is 10.7. The van der Waals surface area contributed by atoms with Crippen LogP contribution < -0.4 is 5.32 Å². The third-order valence-electron chi connectivity index (χ3n) is 5.16. The summed E-state index contributed by atoms with van der Waals surface area (Å²) >= 11 is 2.92. The van der Waals surface area contributed by atoms with Gasteiger partial charge in [-0.1, -0.05) is 23.0 Å². The Morgan fingerprint density at radius 1 is 1.06 bits per heavy atom. The lowest BCUT2D eigenvalue weighted by Gasteiger charge is -2.09. The summed E-state index contributed by atoms with van der Waals surface area (Å²) in [6, 6.07) is 11.6. The van der Waals surface area contributed by atoms with Crippen LogP contribution in [0.25, 0.3) is 21.1 Å². The Bertz CT molecular complexity index is 1360. The number of rotatable bonds is 7. The molecule has 0 saturated carbocycles. The van der Waals surface area contributed by atoms with Gasteiger partial charge in [0.1, 0.15) is 0 Å². The van der Waals surface area contributed by atoms with Gasteiger partial charge in [0, 0.05) is 17.6 Å². The molecule has 2 aromatic heterocycles. The predicted molar refractivity (Wildman–Crippen MR) is 136 cm³/mol. The molecule has 0 saturated heterocycles. The van der Waals surface area contributed by atoms with Gasteiger partial charge < -0.3 is 10.1 Å². The quantitative estimate of drug-likeness (QED) is 0.256. The number of aryl methyl sites for hydroxylation is 3. The zero-order valence-electron chi connectivity index (χ0n) is 19.0. The van der Waals surface area contributed by atoms with E-state index < -0.39 is 0 Å². The number of fused-ring (bicyclic) bond motifs is 2. The molecule has 0 aliphatic heterocycles. The normalized spacial score (nSPS) is 11.2. The molecule has 0 unspecified atom stereocenters. The van der Waals surface area contributed by atoms with Crippen molar-refractivity contribution in [2.75, 3.05) is 17.7 Å². The number of thioether (sulfide) groups is 1. The topological polar surface area (TPSA) is 81.2 Å². The molecule has 8 heteroatoms. The standard InChI is InChI=1S/C25H25N3O3S2/c1-5-31-24(30)17-6-7-19-20(13-17)33-25(26-19)27-21(29)8-9-32-22-12-15(3)18-11-14(2)10-16(4)23(18)28-22/h6-7,10-13H,5,8-9H2,1-4H3,(H,26,27,29). The number of hydrogen-bond acceptors (Lipinski definition) is 7. The molecule has 0 fully saturated rings. The summed E-state index contributed by atoms with van der Waals surface area (Å²) in [5, 5.41) is 5.49. The van der Waals surface area contributed by atoms with E-state index in [4.69, 9.17) is 9.72 Å². The van der Waals surface area contributed by atoms with Crippen LogP contribution in [0.15, 0.2) is 41.4 Å². The summed E-state index contributed by atoms with van der Waals surface area (Å²) in [6.45, 7) is 8.37. The second kappa shape index (κ2) is 9.89. The van der Waals surface area contributed by atoms with Crippen molar-refractivity contribution in [2.24, 2.45) is 0 Å². The molecular formula is C25H25N3O3S2. The lowest BCUT2D eigenvalue weighted by molar-refractivity contribution is -0.115. The van der Waals surface area contributed by atoms with Crippen molar-refractivity contribution < 1.29 is 14.3 Å². The zero-order valence-corrected chi connectivity index (χ0v) is 20.7. The molecule has 0 bridgehead atoms. The van der Waals surface area contributed by atoms with E-state index in [1.165, 1.54) is 27.8 Å². The maximum Gasteiger partial charge on any atom is 0.338 e. The van der Waals surface area contributed by atoms with E-state index in [0.29, 0.717) is 29.5 Å². The molecule has 4 aromatic rings. The number of amides is 1. The fourth-order valence-corrected chi connectivity index (χ4v) is 5.47. The van der Waals surface area contributed by atoms with Gasteiger partial charge in [-0.15, -0.1) is 11.8 Å². The maximum atomic E-state index is 12.5. The van der Waals surface area contributed by atoms with Crippen molar-refractivity contribution in [1.82, 2.24) is 9.97 Å². The molecule has 1 N–H and O–H groups in total. The first kappa shape index (κ1) is 23.2. The zero-order chi connectivity index (χ0) is 23.5. The molecule has 6 nitrogen and oxygen atoms in total. The van der Waals surface area contributed by atoms with Gasteiger partial charge in [0.2, 0.25) is 5.91 Å². The van der Waals surface area contributed by atoms with E-state index in [0.717, 1.165) is 26.3 Å². The lowest BCUT2D eigenvalue weighted by atomic mass is 10.0.